The minimum Gasteiger partial charge on any atom is -0.294 e. The normalized spacial score (nSPS) is 12.9. The van der Waals surface area contributed by atoms with Gasteiger partial charge in [-0.25, -0.2) is 8.51 Å². The van der Waals surface area contributed by atoms with Crippen LogP contribution in [-0.4, -0.2) is 36.4 Å². The molecule has 0 fully saturated rings. The summed E-state index contributed by atoms with van der Waals surface area (Å²) >= 11 is -2.07. The Morgan fingerprint density at radius 2 is 1.68 bits per heavy atom. The van der Waals surface area contributed by atoms with E-state index in [9.17, 15) is 22.2 Å². The lowest BCUT2D eigenvalue weighted by Crippen LogP contribution is -2.23. The summed E-state index contributed by atoms with van der Waals surface area (Å²) in [5, 5.41) is 5.52. The number of hydrogen-bond donors (Lipinski definition) is 1. The molecule has 34 heavy (non-hydrogen) atoms. The van der Waals surface area contributed by atoms with Crippen molar-refractivity contribution in [2.24, 2.45) is 0 Å². The van der Waals surface area contributed by atoms with Crippen LogP contribution < -0.4 is 5.56 Å². The molecule has 0 radical (unpaired) electrons. The van der Waals surface area contributed by atoms with Crippen LogP contribution in [0.25, 0.3) is 27.7 Å². The van der Waals surface area contributed by atoms with E-state index in [-0.39, 0.29) is 5.69 Å². The Balaban J connectivity index is 1.81. The lowest BCUT2D eigenvalue weighted by molar-refractivity contribution is -0.137. The summed E-state index contributed by atoms with van der Waals surface area (Å²) in [6, 6.07) is 18.6. The summed E-state index contributed by atoms with van der Waals surface area (Å²) in [4.78, 5) is 13.1. The minimum atomic E-state index is -4.48. The summed E-state index contributed by atoms with van der Waals surface area (Å²) in [7, 11) is 1.54. The molecule has 0 bridgehead atoms. The van der Waals surface area contributed by atoms with Crippen molar-refractivity contribution in [3.05, 3.63) is 94.3 Å². The van der Waals surface area contributed by atoms with E-state index in [1.165, 1.54) is 23.5 Å². The van der Waals surface area contributed by atoms with Crippen molar-refractivity contribution in [3.8, 4) is 16.9 Å². The largest absolute Gasteiger partial charge is 0.416 e. The van der Waals surface area contributed by atoms with Crippen LogP contribution in [0, 0.1) is 0 Å². The molecule has 1 unspecified atom stereocenters. The molecule has 1 N–H and O–H groups in total. The number of rotatable bonds is 6. The molecule has 0 aliphatic rings. The molecule has 0 aliphatic heterocycles. The second-order valence-corrected chi connectivity index (χ2v) is 8.77. The van der Waals surface area contributed by atoms with Gasteiger partial charge in [-0.1, -0.05) is 36.4 Å². The zero-order valence-corrected chi connectivity index (χ0v) is 18.8. The molecule has 3 aromatic carbocycles. The third-order valence-electron chi connectivity index (χ3n) is 5.43. The van der Waals surface area contributed by atoms with Crippen LogP contribution in [0.3, 0.4) is 0 Å². The predicted octanol–water partition coefficient (Wildman–Crippen LogP) is 4.68. The SMILES string of the molecule is CN(CCc1cccc(-c2nn(-c3ccc(C(F)(F)F)cc3)c(=O)c3ccccc23)c1)S(=O)O. The molecule has 176 valence electrons. The Kier molecular flexibility index (Phi) is 6.65. The first-order chi connectivity index (χ1) is 16.1. The third kappa shape index (κ3) is 4.93. The zero-order valence-electron chi connectivity index (χ0n) is 18.0. The van der Waals surface area contributed by atoms with Crippen LogP contribution in [0.4, 0.5) is 13.2 Å². The fourth-order valence-corrected chi connectivity index (χ4v) is 3.86. The van der Waals surface area contributed by atoms with Crippen LogP contribution in [0.15, 0.2) is 77.6 Å². The van der Waals surface area contributed by atoms with Crippen LogP contribution in [0.5, 0.6) is 0 Å². The van der Waals surface area contributed by atoms with Crippen molar-refractivity contribution < 1.29 is 21.9 Å². The Morgan fingerprint density at radius 3 is 2.32 bits per heavy atom. The smallest absolute Gasteiger partial charge is 0.294 e. The van der Waals surface area contributed by atoms with E-state index in [0.717, 1.165) is 22.4 Å². The molecular formula is C24H20F3N3O3S. The van der Waals surface area contributed by atoms with Gasteiger partial charge in [0.1, 0.15) is 0 Å². The van der Waals surface area contributed by atoms with E-state index in [2.05, 4.69) is 5.10 Å². The van der Waals surface area contributed by atoms with E-state index < -0.39 is 28.6 Å². The van der Waals surface area contributed by atoms with Crippen LogP contribution in [-0.2, 0) is 23.9 Å². The number of halogens is 3. The Morgan fingerprint density at radius 1 is 1.00 bits per heavy atom. The molecule has 4 aromatic rings. The van der Waals surface area contributed by atoms with Gasteiger partial charge in [0.25, 0.3) is 5.56 Å². The highest BCUT2D eigenvalue weighted by Gasteiger charge is 2.30. The molecule has 4 rings (SSSR count). The van der Waals surface area contributed by atoms with Crippen LogP contribution in [0.1, 0.15) is 11.1 Å². The van der Waals surface area contributed by atoms with Crippen LogP contribution in [0.2, 0.25) is 0 Å². The fraction of sp³-hybridized carbons (Fsp3) is 0.167. The van der Waals surface area contributed by atoms with Gasteiger partial charge >= 0.3 is 6.18 Å². The van der Waals surface area contributed by atoms with Gasteiger partial charge in [0.15, 0.2) is 0 Å². The van der Waals surface area contributed by atoms with E-state index in [1.807, 2.05) is 24.3 Å². The number of nitrogens with zero attached hydrogens (tertiary/aromatic N) is 3. The van der Waals surface area contributed by atoms with Crippen molar-refractivity contribution in [2.45, 2.75) is 12.6 Å². The maximum absolute atomic E-state index is 13.1. The lowest BCUT2D eigenvalue weighted by Gasteiger charge is -2.14. The Labute approximate surface area is 195 Å². The number of alkyl halides is 3. The average molecular weight is 488 g/mol. The van der Waals surface area contributed by atoms with E-state index in [0.29, 0.717) is 35.0 Å². The first-order valence-corrected chi connectivity index (χ1v) is 11.3. The first kappa shape index (κ1) is 23.8. The molecule has 6 nitrogen and oxygen atoms in total. The molecular weight excluding hydrogens is 467 g/mol. The molecule has 0 amide bonds. The molecule has 0 saturated carbocycles. The maximum atomic E-state index is 13.1. The molecule has 0 aliphatic carbocycles. The first-order valence-electron chi connectivity index (χ1n) is 10.3. The average Bonchev–Trinajstić information content (AvgIpc) is 2.82. The van der Waals surface area contributed by atoms with Gasteiger partial charge in [-0.2, -0.15) is 23.0 Å². The lowest BCUT2D eigenvalue weighted by atomic mass is 10.0. The van der Waals surface area contributed by atoms with E-state index in [1.54, 1.807) is 24.3 Å². The summed E-state index contributed by atoms with van der Waals surface area (Å²) in [5.41, 5.74) is 1.06. The van der Waals surface area contributed by atoms with Crippen molar-refractivity contribution in [2.75, 3.05) is 13.6 Å². The quantitative estimate of drug-likeness (QED) is 0.401. The highest BCUT2D eigenvalue weighted by molar-refractivity contribution is 7.76. The Hall–Kier alpha value is -3.34. The topological polar surface area (TPSA) is 75.4 Å². The van der Waals surface area contributed by atoms with Crippen molar-refractivity contribution in [1.82, 2.24) is 14.1 Å². The van der Waals surface area contributed by atoms with Gasteiger partial charge in [0, 0.05) is 24.5 Å². The number of hydrogen-bond acceptors (Lipinski definition) is 3. The molecule has 1 aromatic heterocycles. The number of likely N-dealkylation sites (N-methyl/N-ethyl adjacent to an activating group) is 1. The molecule has 0 spiro atoms. The minimum absolute atomic E-state index is 0.216. The monoisotopic (exact) mass is 487 g/mol. The number of benzene rings is 3. The van der Waals surface area contributed by atoms with Gasteiger partial charge in [-0.05, 0) is 48.4 Å². The summed E-state index contributed by atoms with van der Waals surface area (Å²) < 4.78 is 61.7. The Bertz CT molecular complexity index is 1420. The van der Waals surface area contributed by atoms with Crippen molar-refractivity contribution in [1.29, 1.82) is 0 Å². The van der Waals surface area contributed by atoms with Crippen molar-refractivity contribution in [3.63, 3.8) is 0 Å². The zero-order chi connectivity index (χ0) is 24.5. The second kappa shape index (κ2) is 9.49. The van der Waals surface area contributed by atoms with E-state index >= 15 is 0 Å². The number of aromatic nitrogens is 2. The van der Waals surface area contributed by atoms with Gasteiger partial charge in [-0.15, -0.1) is 0 Å². The van der Waals surface area contributed by atoms with Gasteiger partial charge in [0.05, 0.1) is 22.3 Å². The third-order valence-corrected chi connectivity index (χ3v) is 6.14. The summed E-state index contributed by atoms with van der Waals surface area (Å²) in [5.74, 6) is 0. The van der Waals surface area contributed by atoms with Gasteiger partial charge in [0.2, 0.25) is 11.3 Å². The molecule has 0 saturated heterocycles. The molecule has 1 heterocycles. The predicted molar refractivity (Wildman–Crippen MR) is 125 cm³/mol. The van der Waals surface area contributed by atoms with E-state index in [4.69, 9.17) is 4.55 Å². The summed E-state index contributed by atoms with van der Waals surface area (Å²) in [6.07, 6.45) is -3.98. The summed E-state index contributed by atoms with van der Waals surface area (Å²) in [6.45, 7) is 0.353. The van der Waals surface area contributed by atoms with Crippen molar-refractivity contribution >= 4 is 22.0 Å². The highest BCUT2D eigenvalue weighted by atomic mass is 32.2. The van der Waals surface area contributed by atoms with Crippen LogP contribution >= 0.6 is 0 Å². The van der Waals surface area contributed by atoms with Gasteiger partial charge < -0.3 is 0 Å². The highest BCUT2D eigenvalue weighted by Crippen LogP contribution is 2.30. The second-order valence-electron chi connectivity index (χ2n) is 7.69. The fourth-order valence-electron chi connectivity index (χ4n) is 3.61. The molecule has 1 atom stereocenters. The molecule has 10 heteroatoms. The van der Waals surface area contributed by atoms with Gasteiger partial charge in [-0.3, -0.25) is 9.35 Å². The maximum Gasteiger partial charge on any atom is 0.416 e. The standard InChI is InChI=1S/C24H20F3N3O3S/c1-29(34(32)33)14-13-16-5-4-6-17(15-16)22-20-7-2-3-8-21(20)23(31)30(28-22)19-11-9-18(10-12-19)24(25,26)27/h2-12,15H,13-14H2,1H3,(H,32,33). The number of fused-ring (bicyclic) bond motifs is 1.